The summed E-state index contributed by atoms with van der Waals surface area (Å²) < 4.78 is 0. The maximum Gasteiger partial charge on any atom is 0.185 e. The van der Waals surface area contributed by atoms with Crippen molar-refractivity contribution in [2.24, 2.45) is 0 Å². The van der Waals surface area contributed by atoms with Crippen LogP contribution in [0, 0.1) is 0 Å². The van der Waals surface area contributed by atoms with Crippen molar-refractivity contribution in [3.8, 4) is 0 Å². The third-order valence-electron chi connectivity index (χ3n) is 3.14. The van der Waals surface area contributed by atoms with Gasteiger partial charge in [0.15, 0.2) is 5.13 Å². The van der Waals surface area contributed by atoms with Gasteiger partial charge in [0, 0.05) is 30.2 Å². The third-order valence-corrected chi connectivity index (χ3v) is 4.17. The molecule has 0 radical (unpaired) electrons. The Morgan fingerprint density at radius 3 is 2.68 bits per heavy atom. The quantitative estimate of drug-likeness (QED) is 0.657. The molecular weight excluding hydrogens is 254 g/mol. The maximum atomic E-state index is 4.60. The Hall–Kier alpha value is -0.610. The minimum absolute atomic E-state index is 0.527. The number of hydrogen-bond acceptors (Lipinski definition) is 4. The van der Waals surface area contributed by atoms with Gasteiger partial charge in [0.2, 0.25) is 0 Å². The first kappa shape index (κ1) is 16.4. The second kappa shape index (κ2) is 9.32. The van der Waals surface area contributed by atoms with Gasteiger partial charge in [-0.05, 0) is 33.2 Å². The summed E-state index contributed by atoms with van der Waals surface area (Å²) in [6, 6.07) is 0.527. The smallest absolute Gasteiger partial charge is 0.185 e. The Morgan fingerprint density at radius 1 is 1.26 bits per heavy atom. The first-order chi connectivity index (χ1) is 9.19. The van der Waals surface area contributed by atoms with Crippen LogP contribution in [0.5, 0.6) is 0 Å². The van der Waals surface area contributed by atoms with Gasteiger partial charge in [0.25, 0.3) is 0 Å². The van der Waals surface area contributed by atoms with Crippen LogP contribution in [-0.2, 0) is 6.54 Å². The second-order valence-electron chi connectivity index (χ2n) is 5.28. The van der Waals surface area contributed by atoms with Gasteiger partial charge >= 0.3 is 0 Å². The van der Waals surface area contributed by atoms with Crippen molar-refractivity contribution in [3.63, 3.8) is 0 Å². The molecule has 1 aromatic rings. The minimum atomic E-state index is 0.527. The lowest BCUT2D eigenvalue weighted by molar-refractivity contribution is 0.624. The highest BCUT2D eigenvalue weighted by molar-refractivity contribution is 7.15. The number of aromatic nitrogens is 1. The van der Waals surface area contributed by atoms with Crippen LogP contribution in [0.1, 0.15) is 58.3 Å². The summed E-state index contributed by atoms with van der Waals surface area (Å²) in [7, 11) is 0. The van der Waals surface area contributed by atoms with E-state index >= 15 is 0 Å². The van der Waals surface area contributed by atoms with Crippen molar-refractivity contribution >= 4 is 16.5 Å². The molecule has 0 spiro atoms. The van der Waals surface area contributed by atoms with Gasteiger partial charge in [-0.1, -0.05) is 26.7 Å². The number of nitrogens with one attached hydrogen (secondary N) is 1. The molecule has 0 saturated carbocycles. The second-order valence-corrected chi connectivity index (χ2v) is 6.37. The molecule has 110 valence electrons. The standard InChI is InChI=1S/C15H29N3S/c1-5-7-8-10-18(13(3)4)15-17-12-14(19-15)11-16-9-6-2/h12-13,16H,5-11H2,1-4H3. The molecule has 0 atom stereocenters. The van der Waals surface area contributed by atoms with E-state index in [9.17, 15) is 0 Å². The number of unbranched alkanes of at least 4 members (excludes halogenated alkanes) is 2. The molecule has 1 rings (SSSR count). The number of anilines is 1. The minimum Gasteiger partial charge on any atom is -0.346 e. The van der Waals surface area contributed by atoms with E-state index in [0.29, 0.717) is 6.04 Å². The topological polar surface area (TPSA) is 28.2 Å². The van der Waals surface area contributed by atoms with E-state index in [-0.39, 0.29) is 0 Å². The number of nitrogens with zero attached hydrogens (tertiary/aromatic N) is 2. The monoisotopic (exact) mass is 283 g/mol. The maximum absolute atomic E-state index is 4.60. The molecule has 0 aliphatic heterocycles. The molecule has 1 aromatic heterocycles. The van der Waals surface area contributed by atoms with Gasteiger partial charge in [-0.2, -0.15) is 0 Å². The average molecular weight is 283 g/mol. The van der Waals surface area contributed by atoms with Crippen molar-refractivity contribution in [3.05, 3.63) is 11.1 Å². The van der Waals surface area contributed by atoms with Crippen molar-refractivity contribution in [2.45, 2.75) is 66.0 Å². The molecule has 1 heterocycles. The third kappa shape index (κ3) is 5.91. The molecule has 0 aliphatic rings. The van der Waals surface area contributed by atoms with Crippen molar-refractivity contribution in [1.82, 2.24) is 10.3 Å². The zero-order valence-electron chi connectivity index (χ0n) is 12.9. The molecule has 0 aromatic carbocycles. The summed E-state index contributed by atoms with van der Waals surface area (Å²) in [6.45, 7) is 12.1. The first-order valence-corrected chi connectivity index (χ1v) is 8.42. The summed E-state index contributed by atoms with van der Waals surface area (Å²) in [4.78, 5) is 8.37. The molecule has 3 nitrogen and oxygen atoms in total. The fourth-order valence-electron chi connectivity index (χ4n) is 2.01. The average Bonchev–Trinajstić information content (AvgIpc) is 2.83. The fraction of sp³-hybridized carbons (Fsp3) is 0.800. The van der Waals surface area contributed by atoms with E-state index in [2.05, 4.69) is 42.9 Å². The van der Waals surface area contributed by atoms with Crippen LogP contribution in [0.2, 0.25) is 0 Å². The Labute approximate surface area is 122 Å². The van der Waals surface area contributed by atoms with Crippen molar-refractivity contribution < 1.29 is 0 Å². The summed E-state index contributed by atoms with van der Waals surface area (Å²) in [6.07, 6.45) is 7.05. The molecule has 0 bridgehead atoms. The largest absolute Gasteiger partial charge is 0.346 e. The van der Waals surface area contributed by atoms with Gasteiger partial charge in [-0.25, -0.2) is 4.98 Å². The van der Waals surface area contributed by atoms with Crippen molar-refractivity contribution in [1.29, 1.82) is 0 Å². The highest BCUT2D eigenvalue weighted by Crippen LogP contribution is 2.24. The van der Waals surface area contributed by atoms with Crippen LogP contribution in [0.3, 0.4) is 0 Å². The van der Waals surface area contributed by atoms with Gasteiger partial charge in [-0.15, -0.1) is 11.3 Å². The molecule has 0 aliphatic carbocycles. The predicted molar refractivity (Wildman–Crippen MR) is 86.1 cm³/mol. The number of hydrogen-bond donors (Lipinski definition) is 1. The van der Waals surface area contributed by atoms with Crippen LogP contribution >= 0.6 is 11.3 Å². The predicted octanol–water partition coefficient (Wildman–Crippen LogP) is 4.05. The SMILES string of the molecule is CCCCCN(c1ncc(CNCCC)s1)C(C)C. The molecule has 0 saturated heterocycles. The lowest BCUT2D eigenvalue weighted by atomic mass is 10.2. The van der Waals surface area contributed by atoms with Crippen LogP contribution in [0.4, 0.5) is 5.13 Å². The molecule has 4 heteroatoms. The molecule has 1 N–H and O–H groups in total. The van der Waals surface area contributed by atoms with Crippen LogP contribution in [0.25, 0.3) is 0 Å². The van der Waals surface area contributed by atoms with E-state index in [1.807, 2.05) is 17.5 Å². The number of thiazole rings is 1. The molecule has 19 heavy (non-hydrogen) atoms. The summed E-state index contributed by atoms with van der Waals surface area (Å²) in [5.74, 6) is 0. The van der Waals surface area contributed by atoms with Gasteiger partial charge in [0.1, 0.15) is 0 Å². The van der Waals surface area contributed by atoms with Gasteiger partial charge in [0.05, 0.1) is 0 Å². The van der Waals surface area contributed by atoms with Crippen LogP contribution in [-0.4, -0.2) is 24.1 Å². The van der Waals surface area contributed by atoms with Crippen LogP contribution in [0.15, 0.2) is 6.20 Å². The molecular formula is C15H29N3S. The summed E-state index contributed by atoms with van der Waals surface area (Å²) in [5, 5.41) is 4.62. The lowest BCUT2D eigenvalue weighted by Crippen LogP contribution is -2.31. The van der Waals surface area contributed by atoms with E-state index in [1.54, 1.807) is 0 Å². The molecule has 0 fully saturated rings. The van der Waals surface area contributed by atoms with E-state index in [0.717, 1.165) is 19.6 Å². The lowest BCUT2D eigenvalue weighted by Gasteiger charge is -2.26. The summed E-state index contributed by atoms with van der Waals surface area (Å²) in [5.41, 5.74) is 0. The zero-order valence-corrected chi connectivity index (χ0v) is 13.7. The molecule has 0 amide bonds. The van der Waals surface area contributed by atoms with E-state index in [4.69, 9.17) is 0 Å². The van der Waals surface area contributed by atoms with E-state index in [1.165, 1.54) is 35.7 Å². The first-order valence-electron chi connectivity index (χ1n) is 7.61. The highest BCUT2D eigenvalue weighted by Gasteiger charge is 2.13. The summed E-state index contributed by atoms with van der Waals surface area (Å²) >= 11 is 1.83. The van der Waals surface area contributed by atoms with Gasteiger partial charge < -0.3 is 10.2 Å². The highest BCUT2D eigenvalue weighted by atomic mass is 32.1. The van der Waals surface area contributed by atoms with E-state index < -0.39 is 0 Å². The normalized spacial score (nSPS) is 11.2. The number of rotatable bonds is 10. The van der Waals surface area contributed by atoms with Gasteiger partial charge in [-0.3, -0.25) is 0 Å². The Balaban J connectivity index is 2.53. The van der Waals surface area contributed by atoms with Crippen molar-refractivity contribution in [2.75, 3.05) is 18.0 Å². The fourth-order valence-corrected chi connectivity index (χ4v) is 3.05. The van der Waals surface area contributed by atoms with Crippen LogP contribution < -0.4 is 10.2 Å². The zero-order chi connectivity index (χ0) is 14.1. The Morgan fingerprint density at radius 2 is 2.05 bits per heavy atom. The Kier molecular flexibility index (Phi) is 8.07. The molecule has 0 unspecified atom stereocenters. The Bertz CT molecular complexity index is 336.